The zero-order valence-corrected chi connectivity index (χ0v) is 13.3. The molecule has 1 fully saturated rings. The number of carboxylic acid groups (broad SMARTS) is 1. The second-order valence-corrected chi connectivity index (χ2v) is 5.50. The van der Waals surface area contributed by atoms with Crippen molar-refractivity contribution in [3.8, 4) is 0 Å². The molecule has 0 radical (unpaired) electrons. The van der Waals surface area contributed by atoms with Crippen LogP contribution in [-0.4, -0.2) is 46.7 Å². The monoisotopic (exact) mass is 376 g/mol. The van der Waals surface area contributed by atoms with E-state index < -0.39 is 41.8 Å². The van der Waals surface area contributed by atoms with Crippen LogP contribution in [0, 0.1) is 5.92 Å². The molecule has 2 amide bonds. The molecule has 1 aromatic carbocycles. The fourth-order valence-corrected chi connectivity index (χ4v) is 2.65. The average Bonchev–Trinajstić information content (AvgIpc) is 2.53. The number of amides is 2. The van der Waals surface area contributed by atoms with Crippen molar-refractivity contribution in [3.05, 3.63) is 35.4 Å². The first kappa shape index (κ1) is 19.5. The van der Waals surface area contributed by atoms with Crippen LogP contribution < -0.4 is 10.6 Å². The van der Waals surface area contributed by atoms with Crippen molar-refractivity contribution in [1.29, 1.82) is 0 Å². The number of aromatic carboxylic acids is 1. The molecule has 1 aliphatic heterocycles. The minimum absolute atomic E-state index is 0.00872. The first-order valence-corrected chi connectivity index (χ1v) is 7.39. The number of ether oxygens (including phenoxy) is 1. The third-order valence-electron chi connectivity index (χ3n) is 3.86. The molecule has 0 aliphatic carbocycles. The van der Waals surface area contributed by atoms with Crippen LogP contribution in [-0.2, 0) is 9.53 Å². The summed E-state index contributed by atoms with van der Waals surface area (Å²) in [5, 5.41) is 22.5. The van der Waals surface area contributed by atoms with Gasteiger partial charge in [-0.1, -0.05) is 12.1 Å². The maximum atomic E-state index is 13.4. The Balaban J connectivity index is 2.54. The van der Waals surface area contributed by atoms with Gasteiger partial charge in [0, 0.05) is 0 Å². The summed E-state index contributed by atoms with van der Waals surface area (Å²) in [4.78, 5) is 34.7. The molecule has 0 spiro atoms. The fraction of sp³-hybridized carbons (Fsp3) is 0.400. The molecule has 0 bridgehead atoms. The molecule has 26 heavy (non-hydrogen) atoms. The molecule has 0 aromatic heterocycles. The van der Waals surface area contributed by atoms with Crippen molar-refractivity contribution >= 4 is 18.0 Å². The van der Waals surface area contributed by atoms with E-state index in [4.69, 9.17) is 5.11 Å². The van der Waals surface area contributed by atoms with Crippen molar-refractivity contribution in [1.82, 2.24) is 10.6 Å². The number of hydrogen-bond acceptors (Lipinski definition) is 5. The minimum Gasteiger partial charge on any atom is -0.478 e. The van der Waals surface area contributed by atoms with Crippen molar-refractivity contribution in [3.63, 3.8) is 0 Å². The molecule has 0 unspecified atom stereocenters. The molecule has 11 heteroatoms. The molecule has 1 heterocycles. The van der Waals surface area contributed by atoms with E-state index in [2.05, 4.69) is 10.1 Å². The maximum absolute atomic E-state index is 13.4. The number of carbonyl (C=O) groups is 3. The van der Waals surface area contributed by atoms with Crippen molar-refractivity contribution < 1.29 is 42.5 Å². The van der Waals surface area contributed by atoms with Crippen LogP contribution in [0.15, 0.2) is 24.3 Å². The molecule has 2 rings (SSSR count). The predicted molar refractivity (Wildman–Crippen MR) is 78.9 cm³/mol. The number of aliphatic hydroxyl groups is 1. The van der Waals surface area contributed by atoms with Gasteiger partial charge in [0.05, 0.1) is 18.2 Å². The Bertz CT molecular complexity index is 721. The van der Waals surface area contributed by atoms with Gasteiger partial charge >= 0.3 is 24.1 Å². The van der Waals surface area contributed by atoms with Gasteiger partial charge in [-0.2, -0.15) is 13.2 Å². The summed E-state index contributed by atoms with van der Waals surface area (Å²) in [7, 11) is 0. The van der Waals surface area contributed by atoms with Gasteiger partial charge in [0.1, 0.15) is 5.92 Å². The standard InChI is InChI=1S/C15H15F3N2O6/c1-2-26-12(23)9-10(7-3-5-8(6-4-7)11(21)22)19-13(24)20-14(9,25)15(16,17)18/h3-6,9-10,25H,2H2,1H3,(H,21,22)(H2,19,20,24)/t9-,10+,14-/m1/s1. The highest BCUT2D eigenvalue weighted by Crippen LogP contribution is 2.43. The summed E-state index contributed by atoms with van der Waals surface area (Å²) in [6.07, 6.45) is -5.37. The van der Waals surface area contributed by atoms with Gasteiger partial charge in [-0.3, -0.25) is 4.79 Å². The lowest BCUT2D eigenvalue weighted by atomic mass is 9.82. The molecule has 0 saturated carbocycles. The van der Waals surface area contributed by atoms with Crippen LogP contribution in [0.4, 0.5) is 18.0 Å². The number of benzene rings is 1. The van der Waals surface area contributed by atoms with Crippen LogP contribution >= 0.6 is 0 Å². The zero-order valence-electron chi connectivity index (χ0n) is 13.3. The molecule has 1 aliphatic rings. The lowest BCUT2D eigenvalue weighted by Gasteiger charge is -2.44. The van der Waals surface area contributed by atoms with Gasteiger partial charge in [-0.15, -0.1) is 0 Å². The molecule has 3 atom stereocenters. The fourth-order valence-electron chi connectivity index (χ4n) is 2.65. The second kappa shape index (κ2) is 6.83. The number of urea groups is 1. The van der Waals surface area contributed by atoms with Crippen LogP contribution in [0.25, 0.3) is 0 Å². The minimum atomic E-state index is -5.37. The van der Waals surface area contributed by atoms with Crippen LogP contribution in [0.1, 0.15) is 28.9 Å². The van der Waals surface area contributed by atoms with Gasteiger partial charge in [0.15, 0.2) is 0 Å². The van der Waals surface area contributed by atoms with Gasteiger partial charge in [-0.25, -0.2) is 9.59 Å². The molecule has 1 aromatic rings. The largest absolute Gasteiger partial charge is 0.478 e. The molecular weight excluding hydrogens is 361 g/mol. The van der Waals surface area contributed by atoms with Crippen molar-refractivity contribution in [2.24, 2.45) is 5.92 Å². The highest BCUT2D eigenvalue weighted by atomic mass is 19.4. The quantitative estimate of drug-likeness (QED) is 0.585. The van der Waals surface area contributed by atoms with Crippen molar-refractivity contribution in [2.75, 3.05) is 6.61 Å². The van der Waals surface area contributed by atoms with E-state index >= 15 is 0 Å². The third-order valence-corrected chi connectivity index (χ3v) is 3.86. The predicted octanol–water partition coefficient (Wildman–Crippen LogP) is 1.17. The van der Waals surface area contributed by atoms with E-state index in [-0.39, 0.29) is 17.7 Å². The summed E-state index contributed by atoms with van der Waals surface area (Å²) >= 11 is 0. The number of carbonyl (C=O) groups excluding carboxylic acids is 2. The Kier molecular flexibility index (Phi) is 5.12. The number of esters is 1. The Labute approximate surface area is 144 Å². The van der Waals surface area contributed by atoms with Gasteiger partial charge in [-0.05, 0) is 24.6 Å². The summed E-state index contributed by atoms with van der Waals surface area (Å²) < 4.78 is 44.9. The number of carboxylic acids is 1. The van der Waals surface area contributed by atoms with E-state index in [9.17, 15) is 32.7 Å². The molecule has 1 saturated heterocycles. The Morgan fingerprint density at radius 2 is 1.85 bits per heavy atom. The first-order chi connectivity index (χ1) is 12.0. The lowest BCUT2D eigenvalue weighted by molar-refractivity contribution is -0.294. The Morgan fingerprint density at radius 1 is 1.27 bits per heavy atom. The highest BCUT2D eigenvalue weighted by molar-refractivity contribution is 5.88. The van der Waals surface area contributed by atoms with Crippen LogP contribution in [0.3, 0.4) is 0 Å². The Morgan fingerprint density at radius 3 is 2.31 bits per heavy atom. The van der Waals surface area contributed by atoms with Gasteiger partial charge < -0.3 is 25.6 Å². The number of nitrogens with one attached hydrogen (secondary N) is 2. The molecule has 4 N–H and O–H groups in total. The summed E-state index contributed by atoms with van der Waals surface area (Å²) in [6, 6.07) is 1.53. The van der Waals surface area contributed by atoms with Crippen LogP contribution in [0.5, 0.6) is 0 Å². The zero-order chi connectivity index (χ0) is 19.7. The van der Waals surface area contributed by atoms with E-state index in [1.165, 1.54) is 12.2 Å². The number of rotatable bonds is 4. The van der Waals surface area contributed by atoms with E-state index in [1.807, 2.05) is 0 Å². The molecular formula is C15H15F3N2O6. The van der Waals surface area contributed by atoms with Crippen molar-refractivity contribution in [2.45, 2.75) is 24.9 Å². The van der Waals surface area contributed by atoms with E-state index in [1.54, 1.807) is 0 Å². The van der Waals surface area contributed by atoms with E-state index in [0.717, 1.165) is 24.3 Å². The Hall–Kier alpha value is -2.82. The van der Waals surface area contributed by atoms with E-state index in [0.29, 0.717) is 0 Å². The first-order valence-electron chi connectivity index (χ1n) is 7.39. The second-order valence-electron chi connectivity index (χ2n) is 5.50. The number of hydrogen-bond donors (Lipinski definition) is 4. The summed E-state index contributed by atoms with van der Waals surface area (Å²) in [6.45, 7) is 1.12. The average molecular weight is 376 g/mol. The topological polar surface area (TPSA) is 125 Å². The highest BCUT2D eigenvalue weighted by Gasteiger charge is 2.67. The SMILES string of the molecule is CCOC(=O)[C@H]1[C@H](c2ccc(C(=O)O)cc2)NC(=O)N[C@]1(O)C(F)(F)F. The summed E-state index contributed by atoms with van der Waals surface area (Å²) in [5.41, 5.74) is -4.02. The lowest BCUT2D eigenvalue weighted by Crippen LogP contribution is -2.73. The maximum Gasteiger partial charge on any atom is 0.437 e. The molecule has 8 nitrogen and oxygen atoms in total. The smallest absolute Gasteiger partial charge is 0.437 e. The van der Waals surface area contributed by atoms with Gasteiger partial charge in [0.25, 0.3) is 5.72 Å². The number of alkyl halides is 3. The van der Waals surface area contributed by atoms with Gasteiger partial charge in [0.2, 0.25) is 0 Å². The molecule has 142 valence electrons. The summed E-state index contributed by atoms with van der Waals surface area (Å²) in [5.74, 6) is -4.90. The third kappa shape index (κ3) is 3.43. The number of halogens is 3. The normalized spacial score (nSPS) is 25.8. The van der Waals surface area contributed by atoms with Crippen LogP contribution in [0.2, 0.25) is 0 Å².